The van der Waals surface area contributed by atoms with E-state index in [1.54, 1.807) is 0 Å². The average molecular weight is 206 g/mol. The highest BCUT2D eigenvalue weighted by molar-refractivity contribution is 7.80. The first-order chi connectivity index (χ1) is 6.68. The lowest BCUT2D eigenvalue weighted by Crippen LogP contribution is -2.28. The molecule has 0 heterocycles. The summed E-state index contributed by atoms with van der Waals surface area (Å²) in [4.78, 5) is 0. The van der Waals surface area contributed by atoms with Crippen LogP contribution in [0.2, 0.25) is 0 Å². The topological polar surface area (TPSA) is 38.0 Å². The molecule has 2 nitrogen and oxygen atoms in total. The third kappa shape index (κ3) is 4.05. The maximum Gasteiger partial charge on any atom is 0.167 e. The van der Waals surface area contributed by atoms with Crippen molar-refractivity contribution >= 4 is 17.3 Å². The van der Waals surface area contributed by atoms with Crippen LogP contribution in [0.5, 0.6) is 0 Å². The molecular formula is C11H14N2S. The van der Waals surface area contributed by atoms with Crippen molar-refractivity contribution in [3.05, 3.63) is 48.2 Å². The van der Waals surface area contributed by atoms with Crippen LogP contribution in [0.1, 0.15) is 12.0 Å². The van der Waals surface area contributed by atoms with Crippen molar-refractivity contribution in [3.63, 3.8) is 0 Å². The molecule has 0 aliphatic rings. The molecule has 1 rings (SSSR count). The summed E-state index contributed by atoms with van der Waals surface area (Å²) in [6, 6.07) is 10.2. The molecular weight excluding hydrogens is 192 g/mol. The molecule has 0 aromatic heterocycles. The van der Waals surface area contributed by atoms with Gasteiger partial charge in [0, 0.05) is 5.70 Å². The fourth-order valence-corrected chi connectivity index (χ4v) is 1.32. The molecule has 0 spiro atoms. The molecule has 0 aliphatic heterocycles. The second-order valence-corrected chi connectivity index (χ2v) is 3.52. The zero-order valence-electron chi connectivity index (χ0n) is 7.99. The number of benzene rings is 1. The second kappa shape index (κ2) is 5.40. The van der Waals surface area contributed by atoms with Gasteiger partial charge in [-0.1, -0.05) is 36.9 Å². The molecule has 3 heteroatoms. The summed E-state index contributed by atoms with van der Waals surface area (Å²) in [7, 11) is 0. The minimum absolute atomic E-state index is 0.281. The Hall–Kier alpha value is -1.35. The van der Waals surface area contributed by atoms with E-state index in [4.69, 9.17) is 18.0 Å². The number of aryl methyl sites for hydroxylation is 1. The normalized spacial score (nSPS) is 9.43. The van der Waals surface area contributed by atoms with Gasteiger partial charge in [0.05, 0.1) is 0 Å². The number of hydrogen-bond acceptors (Lipinski definition) is 1. The van der Waals surface area contributed by atoms with E-state index in [1.807, 2.05) is 18.2 Å². The van der Waals surface area contributed by atoms with Gasteiger partial charge in [-0.2, -0.15) is 0 Å². The zero-order chi connectivity index (χ0) is 10.4. The molecule has 14 heavy (non-hydrogen) atoms. The highest BCUT2D eigenvalue weighted by atomic mass is 32.1. The van der Waals surface area contributed by atoms with Crippen molar-refractivity contribution in [1.82, 2.24) is 5.32 Å². The van der Waals surface area contributed by atoms with Crippen LogP contribution in [0.15, 0.2) is 42.6 Å². The average Bonchev–Trinajstić information content (AvgIpc) is 2.15. The van der Waals surface area contributed by atoms with Crippen molar-refractivity contribution in [1.29, 1.82) is 0 Å². The van der Waals surface area contributed by atoms with E-state index >= 15 is 0 Å². The smallest absolute Gasteiger partial charge is 0.167 e. The first kappa shape index (κ1) is 10.7. The zero-order valence-corrected chi connectivity index (χ0v) is 8.81. The van der Waals surface area contributed by atoms with Gasteiger partial charge < -0.3 is 11.1 Å². The predicted octanol–water partition coefficient (Wildman–Crippen LogP) is 1.97. The molecule has 0 saturated carbocycles. The summed E-state index contributed by atoms with van der Waals surface area (Å²) in [5.74, 6) is 0. The Labute approximate surface area is 89.8 Å². The van der Waals surface area contributed by atoms with Crippen LogP contribution in [0.4, 0.5) is 0 Å². The van der Waals surface area contributed by atoms with Crippen LogP contribution in [-0.2, 0) is 6.42 Å². The molecule has 0 aliphatic carbocycles. The summed E-state index contributed by atoms with van der Waals surface area (Å²) in [5.41, 5.74) is 7.47. The molecule has 0 fully saturated rings. The van der Waals surface area contributed by atoms with Crippen LogP contribution in [0.3, 0.4) is 0 Å². The molecule has 0 radical (unpaired) electrons. The standard InChI is InChI=1S/C11H14N2S/c1-9(13-11(12)14)7-8-10-5-3-2-4-6-10/h2-6H,1,7-8H2,(H3,12,13,14). The Morgan fingerprint density at radius 3 is 2.57 bits per heavy atom. The van der Waals surface area contributed by atoms with E-state index < -0.39 is 0 Å². The monoisotopic (exact) mass is 206 g/mol. The molecule has 0 saturated heterocycles. The van der Waals surface area contributed by atoms with E-state index in [-0.39, 0.29) is 5.11 Å². The Kier molecular flexibility index (Phi) is 4.13. The lowest BCUT2D eigenvalue weighted by molar-refractivity contribution is 0.889. The first-order valence-electron chi connectivity index (χ1n) is 4.46. The summed E-state index contributed by atoms with van der Waals surface area (Å²) in [6.07, 6.45) is 1.80. The SMILES string of the molecule is C=C(CCc1ccccc1)NC(N)=S. The van der Waals surface area contributed by atoms with Crippen molar-refractivity contribution in [2.45, 2.75) is 12.8 Å². The first-order valence-corrected chi connectivity index (χ1v) is 4.87. The van der Waals surface area contributed by atoms with Crippen LogP contribution >= 0.6 is 12.2 Å². The summed E-state index contributed by atoms with van der Waals surface area (Å²) < 4.78 is 0. The number of allylic oxidation sites excluding steroid dienone is 1. The highest BCUT2D eigenvalue weighted by Gasteiger charge is 1.96. The Bertz CT molecular complexity index is 319. The number of rotatable bonds is 4. The van der Waals surface area contributed by atoms with Gasteiger partial charge >= 0.3 is 0 Å². The van der Waals surface area contributed by atoms with E-state index in [1.165, 1.54) is 5.56 Å². The lowest BCUT2D eigenvalue weighted by Gasteiger charge is -2.06. The fourth-order valence-electron chi connectivity index (χ4n) is 1.18. The van der Waals surface area contributed by atoms with Crippen LogP contribution in [0, 0.1) is 0 Å². The maximum atomic E-state index is 5.32. The van der Waals surface area contributed by atoms with Crippen molar-refractivity contribution in [2.75, 3.05) is 0 Å². The molecule has 1 aromatic carbocycles. The predicted molar refractivity (Wildman–Crippen MR) is 63.8 cm³/mol. The van der Waals surface area contributed by atoms with E-state index in [0.29, 0.717) is 0 Å². The molecule has 1 aromatic rings. The fraction of sp³-hybridized carbons (Fsp3) is 0.182. The van der Waals surface area contributed by atoms with Crippen molar-refractivity contribution < 1.29 is 0 Å². The quantitative estimate of drug-likeness (QED) is 0.740. The highest BCUT2D eigenvalue weighted by Crippen LogP contribution is 2.05. The molecule has 0 atom stereocenters. The molecule has 74 valence electrons. The number of hydrogen-bond donors (Lipinski definition) is 2. The summed E-state index contributed by atoms with van der Waals surface area (Å²) in [5, 5.41) is 3.11. The Morgan fingerprint density at radius 2 is 2.00 bits per heavy atom. The maximum absolute atomic E-state index is 5.32. The Morgan fingerprint density at radius 1 is 1.36 bits per heavy atom. The van der Waals surface area contributed by atoms with Crippen LogP contribution in [0.25, 0.3) is 0 Å². The number of thiocarbonyl (C=S) groups is 1. The minimum atomic E-state index is 0.281. The van der Waals surface area contributed by atoms with Crippen molar-refractivity contribution in [3.8, 4) is 0 Å². The third-order valence-electron chi connectivity index (χ3n) is 1.86. The Balaban J connectivity index is 2.34. The van der Waals surface area contributed by atoms with Gasteiger partial charge in [0.15, 0.2) is 5.11 Å². The van der Waals surface area contributed by atoms with Gasteiger partial charge in [0.2, 0.25) is 0 Å². The van der Waals surface area contributed by atoms with Crippen LogP contribution in [-0.4, -0.2) is 5.11 Å². The largest absolute Gasteiger partial charge is 0.376 e. The van der Waals surface area contributed by atoms with Gasteiger partial charge in [-0.3, -0.25) is 0 Å². The third-order valence-corrected chi connectivity index (χ3v) is 1.96. The van der Waals surface area contributed by atoms with E-state index in [9.17, 15) is 0 Å². The second-order valence-electron chi connectivity index (χ2n) is 3.08. The van der Waals surface area contributed by atoms with E-state index in [2.05, 4.69) is 24.0 Å². The number of nitrogens with two attached hydrogens (primary N) is 1. The van der Waals surface area contributed by atoms with E-state index in [0.717, 1.165) is 18.5 Å². The number of nitrogens with one attached hydrogen (secondary N) is 1. The molecule has 0 amide bonds. The summed E-state index contributed by atoms with van der Waals surface area (Å²) >= 11 is 4.71. The molecule has 0 unspecified atom stereocenters. The van der Waals surface area contributed by atoms with Gasteiger partial charge in [-0.15, -0.1) is 0 Å². The van der Waals surface area contributed by atoms with Gasteiger partial charge in [0.25, 0.3) is 0 Å². The van der Waals surface area contributed by atoms with Gasteiger partial charge in [-0.25, -0.2) is 0 Å². The molecule has 3 N–H and O–H groups in total. The lowest BCUT2D eigenvalue weighted by atomic mass is 10.1. The van der Waals surface area contributed by atoms with Gasteiger partial charge in [-0.05, 0) is 30.6 Å². The van der Waals surface area contributed by atoms with Crippen LogP contribution < -0.4 is 11.1 Å². The minimum Gasteiger partial charge on any atom is -0.376 e. The summed E-state index contributed by atoms with van der Waals surface area (Å²) in [6.45, 7) is 3.83. The van der Waals surface area contributed by atoms with Gasteiger partial charge in [0.1, 0.15) is 0 Å². The molecule has 0 bridgehead atoms. The van der Waals surface area contributed by atoms with Crippen molar-refractivity contribution in [2.24, 2.45) is 5.73 Å².